The van der Waals surface area contributed by atoms with Crippen LogP contribution in [0.25, 0.3) is 0 Å². The van der Waals surface area contributed by atoms with Crippen molar-refractivity contribution >= 4 is 11.9 Å². The maximum Gasteiger partial charge on any atom is 0.0700 e. The molecule has 1 heterocycles. The highest BCUT2D eigenvalue weighted by Crippen LogP contribution is 2.28. The van der Waals surface area contributed by atoms with Gasteiger partial charge in [0.15, 0.2) is 0 Å². The highest BCUT2D eigenvalue weighted by molar-refractivity contribution is 5.88. The molecular weight excluding hydrogens is 184 g/mol. The number of rotatable bonds is 0. The van der Waals surface area contributed by atoms with Crippen LogP contribution >= 0.6 is 0 Å². The van der Waals surface area contributed by atoms with Crippen molar-refractivity contribution in [2.45, 2.75) is 37.8 Å². The molecule has 0 amide bonds. The van der Waals surface area contributed by atoms with Crippen molar-refractivity contribution in [1.29, 1.82) is 0 Å². The van der Waals surface area contributed by atoms with E-state index in [1.807, 2.05) is 6.21 Å². The van der Waals surface area contributed by atoms with Crippen molar-refractivity contribution in [3.8, 4) is 0 Å². The molecule has 1 saturated carbocycles. The average Bonchev–Trinajstić information content (AvgIpc) is 2.48. The van der Waals surface area contributed by atoms with E-state index in [-0.39, 0.29) is 0 Å². The second-order valence-corrected chi connectivity index (χ2v) is 4.47. The Morgan fingerprint density at radius 2 is 2.00 bits per heavy atom. The van der Waals surface area contributed by atoms with Crippen molar-refractivity contribution in [2.24, 2.45) is 4.99 Å². The first-order valence-corrected chi connectivity index (χ1v) is 5.82. The Balaban J connectivity index is 1.95. The molecule has 1 aliphatic carbocycles. The van der Waals surface area contributed by atoms with Gasteiger partial charge in [0.2, 0.25) is 0 Å². The first-order chi connectivity index (χ1) is 7.43. The van der Waals surface area contributed by atoms with Crippen molar-refractivity contribution in [1.82, 2.24) is 0 Å². The van der Waals surface area contributed by atoms with Crippen molar-refractivity contribution in [3.63, 3.8) is 0 Å². The summed E-state index contributed by atoms with van der Waals surface area (Å²) in [5, 5.41) is 3.64. The van der Waals surface area contributed by atoms with Gasteiger partial charge in [-0.15, -0.1) is 0 Å². The van der Waals surface area contributed by atoms with E-state index in [9.17, 15) is 0 Å². The fourth-order valence-electron chi connectivity index (χ4n) is 2.57. The standard InChI is InChI=1S/C13H16N2/c1-2-6-11-10(5-1)9-14-12-7-3-4-8-13(12)15-11/h1-2,5-6,9,12-13,15H,3-4,7-8H2/t12-,13-/m1/s1. The van der Waals surface area contributed by atoms with Gasteiger partial charge < -0.3 is 5.32 Å². The molecule has 1 aliphatic heterocycles. The third-order valence-electron chi connectivity index (χ3n) is 3.44. The summed E-state index contributed by atoms with van der Waals surface area (Å²) in [7, 11) is 0. The Kier molecular flexibility index (Phi) is 2.20. The van der Waals surface area contributed by atoms with Gasteiger partial charge in [0.05, 0.1) is 6.04 Å². The molecule has 3 rings (SSSR count). The van der Waals surface area contributed by atoms with E-state index in [0.717, 1.165) is 0 Å². The number of benzene rings is 1. The largest absolute Gasteiger partial charge is 0.380 e. The zero-order valence-corrected chi connectivity index (χ0v) is 8.82. The van der Waals surface area contributed by atoms with Crippen molar-refractivity contribution in [3.05, 3.63) is 29.8 Å². The third-order valence-corrected chi connectivity index (χ3v) is 3.44. The Morgan fingerprint density at radius 3 is 3.00 bits per heavy atom. The molecule has 0 aromatic heterocycles. The Labute approximate surface area is 90.4 Å². The molecule has 15 heavy (non-hydrogen) atoms. The number of hydrogen-bond donors (Lipinski definition) is 1. The molecule has 2 aliphatic rings. The minimum absolute atomic E-state index is 0.492. The summed E-state index contributed by atoms with van der Waals surface area (Å²) in [6.07, 6.45) is 7.21. The summed E-state index contributed by atoms with van der Waals surface area (Å²) in [4.78, 5) is 4.70. The molecule has 0 unspecified atom stereocenters. The fraction of sp³-hybridized carbons (Fsp3) is 0.462. The molecule has 1 N–H and O–H groups in total. The third kappa shape index (κ3) is 1.65. The minimum atomic E-state index is 0.492. The van der Waals surface area contributed by atoms with Gasteiger partial charge in [0, 0.05) is 23.5 Å². The first kappa shape index (κ1) is 8.96. The predicted octanol–water partition coefficient (Wildman–Crippen LogP) is 2.84. The zero-order valence-electron chi connectivity index (χ0n) is 8.82. The number of nitrogens with one attached hydrogen (secondary N) is 1. The van der Waals surface area contributed by atoms with Crippen LogP contribution in [0.15, 0.2) is 29.3 Å². The van der Waals surface area contributed by atoms with Crippen LogP contribution in [0.2, 0.25) is 0 Å². The molecule has 2 heteroatoms. The summed E-state index contributed by atoms with van der Waals surface area (Å²) in [6, 6.07) is 9.48. The lowest BCUT2D eigenvalue weighted by molar-refractivity contribution is 0.408. The SMILES string of the molecule is C1=N[C@@H]2CCCC[C@H]2Nc2ccccc21. The van der Waals surface area contributed by atoms with Crippen LogP contribution in [0.4, 0.5) is 5.69 Å². The Hall–Kier alpha value is -1.31. The van der Waals surface area contributed by atoms with Gasteiger partial charge in [-0.3, -0.25) is 4.99 Å². The lowest BCUT2D eigenvalue weighted by Gasteiger charge is -2.28. The molecule has 0 saturated heterocycles. The summed E-state index contributed by atoms with van der Waals surface area (Å²) < 4.78 is 0. The van der Waals surface area contributed by atoms with Crippen LogP contribution in [-0.4, -0.2) is 18.3 Å². The fourth-order valence-corrected chi connectivity index (χ4v) is 2.57. The molecule has 1 aromatic rings. The molecule has 1 fully saturated rings. The average molecular weight is 200 g/mol. The topological polar surface area (TPSA) is 24.4 Å². The van der Waals surface area contributed by atoms with E-state index >= 15 is 0 Å². The van der Waals surface area contributed by atoms with Gasteiger partial charge in [-0.25, -0.2) is 0 Å². The van der Waals surface area contributed by atoms with Crippen LogP contribution in [0.3, 0.4) is 0 Å². The van der Waals surface area contributed by atoms with Crippen LogP contribution in [-0.2, 0) is 0 Å². The number of nitrogens with zero attached hydrogens (tertiary/aromatic N) is 1. The smallest absolute Gasteiger partial charge is 0.0700 e. The molecule has 2 nitrogen and oxygen atoms in total. The molecule has 1 aromatic carbocycles. The number of anilines is 1. The van der Waals surface area contributed by atoms with Crippen LogP contribution in [0, 0.1) is 0 Å². The predicted molar refractivity (Wildman–Crippen MR) is 63.7 cm³/mol. The summed E-state index contributed by atoms with van der Waals surface area (Å²) >= 11 is 0. The molecule has 0 bridgehead atoms. The van der Waals surface area contributed by atoms with Crippen LogP contribution in [0.5, 0.6) is 0 Å². The number of hydrogen-bond acceptors (Lipinski definition) is 2. The van der Waals surface area contributed by atoms with Crippen molar-refractivity contribution in [2.75, 3.05) is 5.32 Å². The van der Waals surface area contributed by atoms with Gasteiger partial charge in [-0.05, 0) is 18.9 Å². The molecular formula is C13H16N2. The minimum Gasteiger partial charge on any atom is -0.380 e. The highest BCUT2D eigenvalue weighted by Gasteiger charge is 2.26. The number of fused-ring (bicyclic) bond motifs is 2. The maximum atomic E-state index is 4.70. The van der Waals surface area contributed by atoms with E-state index in [1.54, 1.807) is 0 Å². The van der Waals surface area contributed by atoms with Gasteiger partial charge in [0.1, 0.15) is 0 Å². The van der Waals surface area contributed by atoms with Gasteiger partial charge in [-0.2, -0.15) is 0 Å². The van der Waals surface area contributed by atoms with Gasteiger partial charge in [-0.1, -0.05) is 31.0 Å². The van der Waals surface area contributed by atoms with E-state index in [0.29, 0.717) is 12.1 Å². The second-order valence-electron chi connectivity index (χ2n) is 4.47. The molecule has 78 valence electrons. The van der Waals surface area contributed by atoms with Crippen molar-refractivity contribution < 1.29 is 0 Å². The normalized spacial score (nSPS) is 28.5. The quantitative estimate of drug-likeness (QED) is 0.684. The van der Waals surface area contributed by atoms with Gasteiger partial charge in [0.25, 0.3) is 0 Å². The summed E-state index contributed by atoms with van der Waals surface area (Å²) in [5.74, 6) is 0. The molecule has 0 radical (unpaired) electrons. The lowest BCUT2D eigenvalue weighted by Crippen LogP contribution is -2.34. The van der Waals surface area contributed by atoms with Gasteiger partial charge >= 0.3 is 0 Å². The van der Waals surface area contributed by atoms with E-state index in [2.05, 4.69) is 29.6 Å². The number of para-hydroxylation sites is 1. The zero-order chi connectivity index (χ0) is 10.1. The second kappa shape index (κ2) is 3.69. The highest BCUT2D eigenvalue weighted by atomic mass is 15.0. The number of aliphatic imine (C=N–C) groups is 1. The van der Waals surface area contributed by atoms with E-state index in [1.165, 1.54) is 36.9 Å². The molecule has 0 spiro atoms. The molecule has 2 atom stereocenters. The Bertz CT molecular complexity index is 384. The first-order valence-electron chi connectivity index (χ1n) is 5.82. The summed E-state index contributed by atoms with van der Waals surface area (Å²) in [5.41, 5.74) is 2.47. The van der Waals surface area contributed by atoms with Crippen LogP contribution < -0.4 is 5.32 Å². The maximum absolute atomic E-state index is 4.70. The summed E-state index contributed by atoms with van der Waals surface area (Å²) in [6.45, 7) is 0. The lowest BCUT2D eigenvalue weighted by atomic mass is 9.91. The monoisotopic (exact) mass is 200 g/mol. The van der Waals surface area contributed by atoms with Crippen LogP contribution in [0.1, 0.15) is 31.2 Å². The van der Waals surface area contributed by atoms with E-state index in [4.69, 9.17) is 4.99 Å². The van der Waals surface area contributed by atoms with E-state index < -0.39 is 0 Å². The Morgan fingerprint density at radius 1 is 1.13 bits per heavy atom.